The van der Waals surface area contributed by atoms with Gasteiger partial charge in [-0.2, -0.15) is 28.4 Å². The van der Waals surface area contributed by atoms with Crippen LogP contribution in [0.3, 0.4) is 0 Å². The SMILES string of the molecule is CN(C)S(=O)(=O)N1CCC2(CC1)CN(Cc1ccsc1)CCO2. The van der Waals surface area contributed by atoms with Crippen molar-refractivity contribution in [3.8, 4) is 0 Å². The Balaban J connectivity index is 1.61. The van der Waals surface area contributed by atoms with E-state index in [1.54, 1.807) is 29.7 Å². The van der Waals surface area contributed by atoms with Gasteiger partial charge in [0.05, 0.1) is 12.2 Å². The fourth-order valence-electron chi connectivity index (χ4n) is 3.36. The van der Waals surface area contributed by atoms with Crippen LogP contribution in [0.25, 0.3) is 0 Å². The van der Waals surface area contributed by atoms with E-state index in [1.807, 2.05) is 0 Å². The van der Waals surface area contributed by atoms with Gasteiger partial charge in [-0.25, -0.2) is 0 Å². The van der Waals surface area contributed by atoms with Gasteiger partial charge in [-0.3, -0.25) is 4.90 Å². The van der Waals surface area contributed by atoms with Crippen molar-refractivity contribution in [2.45, 2.75) is 25.0 Å². The Morgan fingerprint density at radius 2 is 2.04 bits per heavy atom. The van der Waals surface area contributed by atoms with E-state index in [4.69, 9.17) is 4.74 Å². The molecule has 0 bridgehead atoms. The number of ether oxygens (including phenoxy) is 1. The molecule has 0 radical (unpaired) electrons. The molecule has 0 atom stereocenters. The summed E-state index contributed by atoms with van der Waals surface area (Å²) in [6.07, 6.45) is 1.53. The molecule has 1 spiro atoms. The van der Waals surface area contributed by atoms with Crippen molar-refractivity contribution in [1.82, 2.24) is 13.5 Å². The van der Waals surface area contributed by atoms with E-state index in [0.717, 1.165) is 39.1 Å². The molecule has 0 N–H and O–H groups in total. The Morgan fingerprint density at radius 3 is 2.65 bits per heavy atom. The van der Waals surface area contributed by atoms with Gasteiger partial charge in [-0.15, -0.1) is 0 Å². The van der Waals surface area contributed by atoms with Gasteiger partial charge in [0.2, 0.25) is 0 Å². The predicted octanol–water partition coefficient (Wildman–Crippen LogP) is 1.22. The highest BCUT2D eigenvalue weighted by atomic mass is 32.2. The van der Waals surface area contributed by atoms with E-state index >= 15 is 0 Å². The first kappa shape index (κ1) is 17.3. The maximum absolute atomic E-state index is 12.2. The van der Waals surface area contributed by atoms with Gasteiger partial charge in [-0.1, -0.05) is 0 Å². The standard InChI is InChI=1S/C15H25N3O3S2/c1-16(2)23(19,20)18-6-4-15(5-7-18)13-17(8-9-21-15)11-14-3-10-22-12-14/h3,10,12H,4-9,11,13H2,1-2H3. The molecular weight excluding hydrogens is 334 g/mol. The van der Waals surface area contributed by atoms with Gasteiger partial charge in [0, 0.05) is 46.8 Å². The zero-order valence-electron chi connectivity index (χ0n) is 13.8. The molecule has 1 aromatic heterocycles. The summed E-state index contributed by atoms with van der Waals surface area (Å²) in [5.74, 6) is 0. The Labute approximate surface area is 142 Å². The van der Waals surface area contributed by atoms with E-state index in [1.165, 1.54) is 9.87 Å². The average Bonchev–Trinajstić information content (AvgIpc) is 3.00. The number of morpholine rings is 1. The lowest BCUT2D eigenvalue weighted by Gasteiger charge is -2.47. The van der Waals surface area contributed by atoms with E-state index in [9.17, 15) is 8.42 Å². The first-order valence-electron chi connectivity index (χ1n) is 7.96. The van der Waals surface area contributed by atoms with Crippen molar-refractivity contribution in [3.63, 3.8) is 0 Å². The van der Waals surface area contributed by atoms with Crippen LogP contribution in [0.4, 0.5) is 0 Å². The third kappa shape index (κ3) is 3.78. The second-order valence-corrected chi connectivity index (χ2v) is 9.49. The van der Waals surface area contributed by atoms with Crippen molar-refractivity contribution in [2.75, 3.05) is 46.9 Å². The Morgan fingerprint density at radius 1 is 1.30 bits per heavy atom. The minimum Gasteiger partial charge on any atom is -0.372 e. The smallest absolute Gasteiger partial charge is 0.281 e. The van der Waals surface area contributed by atoms with Gasteiger partial charge in [0.25, 0.3) is 10.2 Å². The molecule has 8 heteroatoms. The molecule has 3 rings (SSSR count). The molecule has 6 nitrogen and oxygen atoms in total. The summed E-state index contributed by atoms with van der Waals surface area (Å²) in [5.41, 5.74) is 1.16. The number of nitrogens with zero attached hydrogens (tertiary/aromatic N) is 3. The van der Waals surface area contributed by atoms with Crippen LogP contribution in [0.15, 0.2) is 16.8 Å². The van der Waals surface area contributed by atoms with E-state index in [2.05, 4.69) is 21.7 Å². The highest BCUT2D eigenvalue weighted by Crippen LogP contribution is 2.32. The van der Waals surface area contributed by atoms with Crippen LogP contribution in [0.5, 0.6) is 0 Å². The molecule has 0 saturated carbocycles. The Bertz CT molecular complexity index is 608. The van der Waals surface area contributed by atoms with Gasteiger partial charge in [0.15, 0.2) is 0 Å². The molecule has 23 heavy (non-hydrogen) atoms. The fourth-order valence-corrected chi connectivity index (χ4v) is 5.12. The third-order valence-corrected chi connectivity index (χ3v) is 7.41. The third-order valence-electron chi connectivity index (χ3n) is 4.74. The van der Waals surface area contributed by atoms with Crippen molar-refractivity contribution in [1.29, 1.82) is 0 Å². The summed E-state index contributed by atoms with van der Waals surface area (Å²) in [7, 11) is -0.145. The highest BCUT2D eigenvalue weighted by molar-refractivity contribution is 7.86. The number of piperidine rings is 1. The monoisotopic (exact) mass is 359 g/mol. The van der Waals surface area contributed by atoms with E-state index in [0.29, 0.717) is 13.1 Å². The first-order valence-corrected chi connectivity index (χ1v) is 10.3. The lowest BCUT2D eigenvalue weighted by Crippen LogP contribution is -2.58. The highest BCUT2D eigenvalue weighted by Gasteiger charge is 2.42. The molecule has 2 fully saturated rings. The minimum atomic E-state index is -3.31. The number of thiophene rings is 1. The van der Waals surface area contributed by atoms with Crippen molar-refractivity contribution < 1.29 is 13.2 Å². The van der Waals surface area contributed by atoms with Crippen LogP contribution in [0.1, 0.15) is 18.4 Å². The molecule has 2 aliphatic rings. The first-order chi connectivity index (χ1) is 10.9. The number of hydrogen-bond donors (Lipinski definition) is 0. The largest absolute Gasteiger partial charge is 0.372 e. The fraction of sp³-hybridized carbons (Fsp3) is 0.733. The van der Waals surface area contributed by atoms with Crippen LogP contribution >= 0.6 is 11.3 Å². The maximum atomic E-state index is 12.2. The van der Waals surface area contributed by atoms with E-state index in [-0.39, 0.29) is 5.60 Å². The summed E-state index contributed by atoms with van der Waals surface area (Å²) in [4.78, 5) is 2.43. The summed E-state index contributed by atoms with van der Waals surface area (Å²) in [6, 6.07) is 2.17. The summed E-state index contributed by atoms with van der Waals surface area (Å²) < 4.78 is 33.4. The average molecular weight is 360 g/mol. The van der Waals surface area contributed by atoms with Crippen molar-refractivity contribution >= 4 is 21.5 Å². The molecule has 3 heterocycles. The molecular formula is C15H25N3O3S2. The van der Waals surface area contributed by atoms with Crippen LogP contribution in [0.2, 0.25) is 0 Å². The minimum absolute atomic E-state index is 0.188. The quantitative estimate of drug-likeness (QED) is 0.811. The zero-order valence-corrected chi connectivity index (χ0v) is 15.4. The molecule has 2 saturated heterocycles. The number of hydrogen-bond acceptors (Lipinski definition) is 5. The van der Waals surface area contributed by atoms with Gasteiger partial charge < -0.3 is 4.74 Å². The zero-order chi connectivity index (χ0) is 16.5. The topological polar surface area (TPSA) is 53.1 Å². The van der Waals surface area contributed by atoms with Crippen LogP contribution < -0.4 is 0 Å². The second-order valence-electron chi connectivity index (χ2n) is 6.56. The molecule has 0 amide bonds. The molecule has 2 aliphatic heterocycles. The summed E-state index contributed by atoms with van der Waals surface area (Å²) >= 11 is 1.73. The number of rotatable bonds is 4. The molecule has 0 aromatic carbocycles. The Kier molecular flexibility index (Phi) is 5.10. The predicted molar refractivity (Wildman–Crippen MR) is 91.7 cm³/mol. The lowest BCUT2D eigenvalue weighted by atomic mass is 9.90. The van der Waals surface area contributed by atoms with Gasteiger partial charge in [0.1, 0.15) is 0 Å². The Hall–Kier alpha value is -0.510. The molecule has 0 unspecified atom stereocenters. The molecule has 130 valence electrons. The summed E-state index contributed by atoms with van der Waals surface area (Å²) in [6.45, 7) is 4.58. The van der Waals surface area contributed by atoms with Gasteiger partial charge >= 0.3 is 0 Å². The van der Waals surface area contributed by atoms with Gasteiger partial charge in [-0.05, 0) is 35.2 Å². The van der Waals surface area contributed by atoms with Crippen molar-refractivity contribution in [3.05, 3.63) is 22.4 Å². The van der Waals surface area contributed by atoms with E-state index < -0.39 is 10.2 Å². The molecule has 0 aliphatic carbocycles. The second kappa shape index (κ2) is 6.78. The normalized spacial score (nSPS) is 23.6. The maximum Gasteiger partial charge on any atom is 0.281 e. The lowest BCUT2D eigenvalue weighted by molar-refractivity contribution is -0.131. The van der Waals surface area contributed by atoms with Crippen molar-refractivity contribution in [2.24, 2.45) is 0 Å². The molecule has 1 aromatic rings. The summed E-state index contributed by atoms with van der Waals surface area (Å²) in [5, 5.41) is 4.30. The van der Waals surface area contributed by atoms with Crippen LogP contribution in [-0.4, -0.2) is 74.4 Å². The van der Waals surface area contributed by atoms with Crippen LogP contribution in [0, 0.1) is 0 Å². The van der Waals surface area contributed by atoms with Crippen LogP contribution in [-0.2, 0) is 21.5 Å².